The molecular formula is C16H19OP. The van der Waals surface area contributed by atoms with E-state index in [2.05, 4.69) is 67.6 Å². The van der Waals surface area contributed by atoms with Crippen LogP contribution < -0.4 is 10.6 Å². The lowest BCUT2D eigenvalue weighted by Crippen LogP contribution is -2.20. The quantitative estimate of drug-likeness (QED) is 0.749. The minimum atomic E-state index is -0.321. The third-order valence-corrected chi connectivity index (χ3v) is 5.70. The maximum absolute atomic E-state index is 5.44. The van der Waals surface area contributed by atoms with E-state index in [4.69, 9.17) is 4.74 Å². The van der Waals surface area contributed by atoms with Crippen LogP contribution in [0.2, 0.25) is 0 Å². The number of hydrogen-bond donors (Lipinski definition) is 0. The molecule has 1 unspecified atom stereocenters. The summed E-state index contributed by atoms with van der Waals surface area (Å²) in [5.74, 6) is 0. The molecule has 2 aromatic rings. The second-order valence-electron chi connectivity index (χ2n) is 4.33. The van der Waals surface area contributed by atoms with Gasteiger partial charge in [0.05, 0.1) is 6.10 Å². The van der Waals surface area contributed by atoms with Crippen molar-refractivity contribution >= 4 is 18.5 Å². The third-order valence-electron chi connectivity index (χ3n) is 2.98. The number of ether oxygens (including phenoxy) is 1. The number of rotatable bonds is 5. The SMILES string of the molecule is COC(C)CP(c1ccccc1)c1ccccc1. The molecule has 1 nitrogen and oxygen atoms in total. The molecule has 0 amide bonds. The molecule has 0 aromatic heterocycles. The summed E-state index contributed by atoms with van der Waals surface area (Å²) in [5, 5.41) is 2.84. The molecule has 0 aliphatic heterocycles. The largest absolute Gasteiger partial charge is 0.381 e. The molecule has 1 atom stereocenters. The Bertz CT molecular complexity index is 416. The second-order valence-corrected chi connectivity index (χ2v) is 6.58. The Labute approximate surface area is 111 Å². The first kappa shape index (κ1) is 13.3. The Morgan fingerprint density at radius 2 is 1.33 bits per heavy atom. The highest BCUT2D eigenvalue weighted by atomic mass is 31.1. The molecule has 0 aliphatic rings. The molecule has 2 heteroatoms. The maximum atomic E-state index is 5.44. The smallest absolute Gasteiger partial charge is 0.0588 e. The average Bonchev–Trinajstić information content (AvgIpc) is 2.46. The van der Waals surface area contributed by atoms with Gasteiger partial charge in [0, 0.05) is 13.3 Å². The van der Waals surface area contributed by atoms with Gasteiger partial charge in [-0.2, -0.15) is 0 Å². The predicted octanol–water partition coefficient (Wildman–Crippen LogP) is 3.15. The van der Waals surface area contributed by atoms with Crippen LogP contribution in [0.15, 0.2) is 60.7 Å². The highest BCUT2D eigenvalue weighted by Gasteiger charge is 2.16. The van der Waals surface area contributed by atoms with Crippen LogP contribution in [0.4, 0.5) is 0 Å². The summed E-state index contributed by atoms with van der Waals surface area (Å²) < 4.78 is 5.44. The summed E-state index contributed by atoms with van der Waals surface area (Å²) in [5.41, 5.74) is 0. The van der Waals surface area contributed by atoms with Crippen molar-refractivity contribution in [3.8, 4) is 0 Å². The molecule has 0 N–H and O–H groups in total. The van der Waals surface area contributed by atoms with Crippen LogP contribution >= 0.6 is 7.92 Å². The van der Waals surface area contributed by atoms with Gasteiger partial charge in [-0.15, -0.1) is 0 Å². The molecule has 0 saturated carbocycles. The van der Waals surface area contributed by atoms with Crippen LogP contribution in [0.25, 0.3) is 0 Å². The van der Waals surface area contributed by atoms with Gasteiger partial charge in [0.25, 0.3) is 0 Å². The van der Waals surface area contributed by atoms with Crippen molar-refractivity contribution < 1.29 is 4.74 Å². The first-order chi connectivity index (χ1) is 8.81. The minimum Gasteiger partial charge on any atom is -0.381 e. The summed E-state index contributed by atoms with van der Waals surface area (Å²) in [6.45, 7) is 2.14. The molecule has 0 heterocycles. The van der Waals surface area contributed by atoms with Crippen molar-refractivity contribution in [2.75, 3.05) is 13.3 Å². The fourth-order valence-electron chi connectivity index (χ4n) is 1.91. The zero-order valence-electron chi connectivity index (χ0n) is 10.9. The Balaban J connectivity index is 2.29. The molecule has 0 aliphatic carbocycles. The Kier molecular flexibility index (Phi) is 4.92. The first-order valence-electron chi connectivity index (χ1n) is 6.21. The van der Waals surface area contributed by atoms with Crippen molar-refractivity contribution in [1.82, 2.24) is 0 Å². The van der Waals surface area contributed by atoms with Gasteiger partial charge in [-0.1, -0.05) is 60.7 Å². The van der Waals surface area contributed by atoms with E-state index in [1.54, 1.807) is 7.11 Å². The molecule has 94 valence electrons. The van der Waals surface area contributed by atoms with Crippen molar-refractivity contribution in [3.05, 3.63) is 60.7 Å². The molecule has 0 saturated heterocycles. The van der Waals surface area contributed by atoms with Crippen LogP contribution in [-0.2, 0) is 4.74 Å². The zero-order valence-corrected chi connectivity index (χ0v) is 11.8. The maximum Gasteiger partial charge on any atom is 0.0588 e. The molecule has 2 rings (SSSR count). The summed E-state index contributed by atoms with van der Waals surface area (Å²) in [7, 11) is 1.46. The first-order valence-corrected chi connectivity index (χ1v) is 7.74. The van der Waals surface area contributed by atoms with Gasteiger partial charge < -0.3 is 4.74 Å². The van der Waals surface area contributed by atoms with Gasteiger partial charge >= 0.3 is 0 Å². The third kappa shape index (κ3) is 3.41. The van der Waals surface area contributed by atoms with E-state index in [1.165, 1.54) is 10.6 Å². The molecule has 2 aromatic carbocycles. The molecule has 0 fully saturated rings. The summed E-state index contributed by atoms with van der Waals surface area (Å²) in [6, 6.07) is 21.5. The fraction of sp³-hybridized carbons (Fsp3) is 0.250. The van der Waals surface area contributed by atoms with E-state index in [1.807, 2.05) is 0 Å². The summed E-state index contributed by atoms with van der Waals surface area (Å²) in [6.07, 6.45) is 1.36. The highest BCUT2D eigenvalue weighted by Crippen LogP contribution is 2.34. The van der Waals surface area contributed by atoms with Crippen LogP contribution in [-0.4, -0.2) is 19.4 Å². The summed E-state index contributed by atoms with van der Waals surface area (Å²) >= 11 is 0. The van der Waals surface area contributed by atoms with Crippen molar-refractivity contribution in [1.29, 1.82) is 0 Å². The van der Waals surface area contributed by atoms with Gasteiger partial charge in [-0.25, -0.2) is 0 Å². The topological polar surface area (TPSA) is 9.23 Å². The number of methoxy groups -OCH3 is 1. The lowest BCUT2D eigenvalue weighted by molar-refractivity contribution is 0.137. The van der Waals surface area contributed by atoms with Crippen LogP contribution in [0.5, 0.6) is 0 Å². The van der Waals surface area contributed by atoms with Crippen LogP contribution in [0.1, 0.15) is 6.92 Å². The zero-order chi connectivity index (χ0) is 12.8. The van der Waals surface area contributed by atoms with Gasteiger partial charge in [0.15, 0.2) is 0 Å². The molecule has 0 spiro atoms. The summed E-state index contributed by atoms with van der Waals surface area (Å²) in [4.78, 5) is 0. The molecular weight excluding hydrogens is 239 g/mol. The normalized spacial score (nSPS) is 12.6. The lowest BCUT2D eigenvalue weighted by Gasteiger charge is -2.21. The van der Waals surface area contributed by atoms with Gasteiger partial charge in [0.2, 0.25) is 0 Å². The van der Waals surface area contributed by atoms with Gasteiger partial charge in [-0.3, -0.25) is 0 Å². The molecule has 18 heavy (non-hydrogen) atoms. The standard InChI is InChI=1S/C16H19OP/c1-14(17-2)13-18(15-9-5-3-6-10-15)16-11-7-4-8-12-16/h3-12,14H,13H2,1-2H3. The van der Waals surface area contributed by atoms with E-state index in [-0.39, 0.29) is 14.0 Å². The fourth-order valence-corrected chi connectivity index (χ4v) is 4.35. The number of benzene rings is 2. The Morgan fingerprint density at radius 3 is 1.72 bits per heavy atom. The van der Waals surface area contributed by atoms with Crippen molar-refractivity contribution in [2.24, 2.45) is 0 Å². The van der Waals surface area contributed by atoms with Gasteiger partial charge in [0.1, 0.15) is 0 Å². The van der Waals surface area contributed by atoms with Crippen LogP contribution in [0.3, 0.4) is 0 Å². The predicted molar refractivity (Wildman–Crippen MR) is 80.4 cm³/mol. The van der Waals surface area contributed by atoms with Crippen LogP contribution in [0, 0.1) is 0 Å². The monoisotopic (exact) mass is 258 g/mol. The molecule has 0 bridgehead atoms. The van der Waals surface area contributed by atoms with Crippen molar-refractivity contribution in [2.45, 2.75) is 13.0 Å². The second kappa shape index (κ2) is 6.68. The Hall–Kier alpha value is -1.17. The Morgan fingerprint density at radius 1 is 0.889 bits per heavy atom. The lowest BCUT2D eigenvalue weighted by atomic mass is 10.4. The van der Waals surface area contributed by atoms with E-state index in [0.717, 1.165) is 6.16 Å². The highest BCUT2D eigenvalue weighted by molar-refractivity contribution is 7.73. The molecule has 0 radical (unpaired) electrons. The van der Waals surface area contributed by atoms with Crippen molar-refractivity contribution in [3.63, 3.8) is 0 Å². The van der Waals surface area contributed by atoms with E-state index >= 15 is 0 Å². The average molecular weight is 258 g/mol. The van der Waals surface area contributed by atoms with E-state index in [0.29, 0.717) is 0 Å². The number of hydrogen-bond acceptors (Lipinski definition) is 1. The van der Waals surface area contributed by atoms with Gasteiger partial charge in [-0.05, 0) is 25.5 Å². The van der Waals surface area contributed by atoms with E-state index in [9.17, 15) is 0 Å². The minimum absolute atomic E-state index is 0.288. The van der Waals surface area contributed by atoms with E-state index < -0.39 is 0 Å².